The number of hydrogen-bond donors (Lipinski definition) is 4. The summed E-state index contributed by atoms with van der Waals surface area (Å²) in [5, 5.41) is 23.7. The minimum atomic E-state index is -0.786. The first-order valence-electron chi connectivity index (χ1n) is 12.5. The number of nitrogens with one attached hydrogen (secondary N) is 2. The molecule has 0 bridgehead atoms. The van der Waals surface area contributed by atoms with Crippen LogP contribution in [-0.2, 0) is 11.2 Å². The molecule has 0 aliphatic heterocycles. The van der Waals surface area contributed by atoms with Crippen molar-refractivity contribution in [1.82, 2.24) is 15.2 Å². The minimum absolute atomic E-state index is 0.00219. The number of carbonyl (C=O) groups is 1. The minimum Gasteiger partial charge on any atom is -0.506 e. The summed E-state index contributed by atoms with van der Waals surface area (Å²) in [5.41, 5.74) is 1.86. The number of amides is 1. The van der Waals surface area contributed by atoms with Gasteiger partial charge in [0.1, 0.15) is 11.3 Å². The summed E-state index contributed by atoms with van der Waals surface area (Å²) in [6.45, 7) is 8.10. The van der Waals surface area contributed by atoms with Crippen molar-refractivity contribution >= 4 is 39.4 Å². The Morgan fingerprint density at radius 3 is 2.68 bits per heavy atom. The fourth-order valence-electron chi connectivity index (χ4n) is 3.88. The number of aliphatic hydroxyl groups excluding tert-OH is 1. The number of aromatic amines is 1. The van der Waals surface area contributed by atoms with E-state index in [1.165, 1.54) is 11.6 Å². The van der Waals surface area contributed by atoms with Crippen molar-refractivity contribution in [2.24, 2.45) is 0 Å². The van der Waals surface area contributed by atoms with Gasteiger partial charge in [0.15, 0.2) is 0 Å². The molecular formula is C27H37N3O5S2. The molecule has 3 rings (SSSR count). The van der Waals surface area contributed by atoms with Gasteiger partial charge in [-0.05, 0) is 51.0 Å². The summed E-state index contributed by atoms with van der Waals surface area (Å²) in [4.78, 5) is 28.5. The Bertz CT molecular complexity index is 1190. The Hall–Kier alpha value is -2.53. The molecule has 3 aromatic rings. The van der Waals surface area contributed by atoms with Gasteiger partial charge in [-0.2, -0.15) is 11.8 Å². The van der Waals surface area contributed by atoms with Crippen LogP contribution in [-0.4, -0.2) is 69.5 Å². The third-order valence-electron chi connectivity index (χ3n) is 5.86. The number of phenols is 1. The molecule has 1 atom stereocenters. The second-order valence-corrected chi connectivity index (χ2v) is 12.0. The SMILES string of the molecule is CC(C)(C)N(CCc1ccccc1)C(=O)OCCCSCCNC[C@H](O)c1ccc(O)c2[nH]c(=O)sc12. The van der Waals surface area contributed by atoms with Crippen molar-refractivity contribution in [3.63, 3.8) is 0 Å². The van der Waals surface area contributed by atoms with Gasteiger partial charge in [-0.15, -0.1) is 0 Å². The molecule has 0 radical (unpaired) electrons. The number of aromatic hydroxyl groups is 1. The number of hydrogen-bond acceptors (Lipinski definition) is 8. The molecule has 0 unspecified atom stereocenters. The standard InChI is InChI=1S/C27H37N3O5S2/c1-27(2,3)30(14-12-19-8-5-4-6-9-19)26(34)35-15-7-16-36-17-13-28-18-22(32)20-10-11-21(31)23-24(20)37-25(33)29-23/h4-6,8-11,22,28,31-32H,7,12-18H2,1-3H3,(H,29,33)/t22-/m0/s1. The molecule has 1 heterocycles. The van der Waals surface area contributed by atoms with Crippen molar-refractivity contribution in [3.05, 3.63) is 63.3 Å². The smallest absolute Gasteiger partial charge is 0.410 e. The first kappa shape index (κ1) is 29.0. The monoisotopic (exact) mass is 547 g/mol. The first-order valence-corrected chi connectivity index (χ1v) is 14.4. The second kappa shape index (κ2) is 13.9. The molecule has 10 heteroatoms. The third kappa shape index (κ3) is 8.77. The van der Waals surface area contributed by atoms with Crippen LogP contribution in [0.2, 0.25) is 0 Å². The molecule has 0 aliphatic rings. The molecule has 2 aromatic carbocycles. The maximum Gasteiger partial charge on any atom is 0.410 e. The number of fused-ring (bicyclic) bond motifs is 1. The normalized spacial score (nSPS) is 12.5. The van der Waals surface area contributed by atoms with E-state index in [9.17, 15) is 19.8 Å². The van der Waals surface area contributed by atoms with E-state index < -0.39 is 6.10 Å². The van der Waals surface area contributed by atoms with Gasteiger partial charge in [0, 0.05) is 36.5 Å². The van der Waals surface area contributed by atoms with Crippen LogP contribution >= 0.6 is 23.1 Å². The van der Waals surface area contributed by atoms with E-state index in [2.05, 4.69) is 22.4 Å². The Kier molecular flexibility index (Phi) is 10.9. The molecule has 0 spiro atoms. The van der Waals surface area contributed by atoms with Crippen molar-refractivity contribution in [3.8, 4) is 5.75 Å². The van der Waals surface area contributed by atoms with E-state index in [-0.39, 0.29) is 22.3 Å². The molecule has 37 heavy (non-hydrogen) atoms. The van der Waals surface area contributed by atoms with Crippen molar-refractivity contribution in [1.29, 1.82) is 0 Å². The molecule has 202 valence electrons. The molecule has 1 amide bonds. The van der Waals surface area contributed by atoms with Gasteiger partial charge in [-0.3, -0.25) is 4.79 Å². The van der Waals surface area contributed by atoms with Crippen LogP contribution in [0.3, 0.4) is 0 Å². The average molecular weight is 548 g/mol. The summed E-state index contributed by atoms with van der Waals surface area (Å²) in [7, 11) is 0. The number of benzene rings is 2. The lowest BCUT2D eigenvalue weighted by molar-refractivity contribution is 0.0686. The Balaban J connectivity index is 1.30. The number of thiazole rings is 1. The van der Waals surface area contributed by atoms with Crippen molar-refractivity contribution in [2.45, 2.75) is 45.3 Å². The van der Waals surface area contributed by atoms with Gasteiger partial charge in [0.05, 0.1) is 17.4 Å². The van der Waals surface area contributed by atoms with Crippen LogP contribution in [0.15, 0.2) is 47.3 Å². The molecule has 0 saturated carbocycles. The lowest BCUT2D eigenvalue weighted by Gasteiger charge is -2.34. The summed E-state index contributed by atoms with van der Waals surface area (Å²) in [5.74, 6) is 1.72. The van der Waals surface area contributed by atoms with Crippen LogP contribution in [0.5, 0.6) is 5.75 Å². The quantitative estimate of drug-likeness (QED) is 0.233. The van der Waals surface area contributed by atoms with E-state index in [4.69, 9.17) is 4.74 Å². The van der Waals surface area contributed by atoms with Crippen molar-refractivity contribution < 1.29 is 19.7 Å². The highest BCUT2D eigenvalue weighted by Crippen LogP contribution is 2.31. The Labute approximate surface area is 226 Å². The lowest BCUT2D eigenvalue weighted by atomic mass is 10.1. The molecule has 4 N–H and O–H groups in total. The zero-order valence-corrected chi connectivity index (χ0v) is 23.3. The van der Waals surface area contributed by atoms with Gasteiger partial charge in [0.2, 0.25) is 0 Å². The third-order valence-corrected chi connectivity index (χ3v) is 7.86. The van der Waals surface area contributed by atoms with E-state index >= 15 is 0 Å². The lowest BCUT2D eigenvalue weighted by Crippen LogP contribution is -2.47. The fourth-order valence-corrected chi connectivity index (χ4v) is 5.61. The molecular weight excluding hydrogens is 510 g/mol. The zero-order valence-electron chi connectivity index (χ0n) is 21.7. The summed E-state index contributed by atoms with van der Waals surface area (Å²) < 4.78 is 6.13. The topological polar surface area (TPSA) is 115 Å². The van der Waals surface area contributed by atoms with Gasteiger partial charge < -0.3 is 30.2 Å². The summed E-state index contributed by atoms with van der Waals surface area (Å²) in [6.07, 6.45) is 0.494. The number of rotatable bonds is 13. The van der Waals surface area contributed by atoms with E-state index in [0.717, 1.165) is 35.7 Å². The number of aliphatic hydroxyl groups is 1. The Morgan fingerprint density at radius 1 is 1.19 bits per heavy atom. The Morgan fingerprint density at radius 2 is 1.95 bits per heavy atom. The molecule has 0 fully saturated rings. The summed E-state index contributed by atoms with van der Waals surface area (Å²) >= 11 is 2.74. The van der Waals surface area contributed by atoms with E-state index in [1.807, 2.05) is 39.0 Å². The van der Waals surface area contributed by atoms with Gasteiger partial charge in [0.25, 0.3) is 0 Å². The number of ether oxygens (including phenoxy) is 1. The highest BCUT2D eigenvalue weighted by molar-refractivity contribution is 7.99. The first-order chi connectivity index (χ1) is 17.7. The van der Waals surface area contributed by atoms with Crippen molar-refractivity contribution in [2.75, 3.05) is 37.7 Å². The number of thioether (sulfide) groups is 1. The molecule has 0 saturated heterocycles. The predicted molar refractivity (Wildman–Crippen MR) is 152 cm³/mol. The van der Waals surface area contributed by atoms with Gasteiger partial charge >= 0.3 is 11.0 Å². The van der Waals surface area contributed by atoms with Crippen LogP contribution in [0.1, 0.15) is 44.4 Å². The highest BCUT2D eigenvalue weighted by Gasteiger charge is 2.27. The maximum absolute atomic E-state index is 12.7. The number of carbonyl (C=O) groups excluding carboxylic acids is 1. The highest BCUT2D eigenvalue weighted by atomic mass is 32.2. The second-order valence-electron chi connectivity index (χ2n) is 9.75. The zero-order chi connectivity index (χ0) is 26.8. The average Bonchev–Trinajstić information content (AvgIpc) is 3.25. The molecule has 1 aromatic heterocycles. The number of nitrogens with zero attached hydrogens (tertiary/aromatic N) is 1. The number of phenolic OH excluding ortho intramolecular Hbond substituents is 1. The van der Waals surface area contributed by atoms with Gasteiger partial charge in [-0.25, -0.2) is 4.79 Å². The van der Waals surface area contributed by atoms with E-state index in [1.54, 1.807) is 22.7 Å². The van der Waals surface area contributed by atoms with Crippen LogP contribution in [0.4, 0.5) is 4.79 Å². The fraction of sp³-hybridized carbons (Fsp3) is 0.481. The van der Waals surface area contributed by atoms with Crippen LogP contribution in [0.25, 0.3) is 10.2 Å². The van der Waals surface area contributed by atoms with E-state index in [0.29, 0.717) is 42.0 Å². The molecule has 8 nitrogen and oxygen atoms in total. The van der Waals surface area contributed by atoms with Crippen LogP contribution in [0, 0.1) is 0 Å². The van der Waals surface area contributed by atoms with Gasteiger partial charge in [-0.1, -0.05) is 47.7 Å². The largest absolute Gasteiger partial charge is 0.506 e. The summed E-state index contributed by atoms with van der Waals surface area (Å²) in [6, 6.07) is 13.3. The van der Waals surface area contributed by atoms with Crippen LogP contribution < -0.4 is 10.2 Å². The predicted octanol–water partition coefficient (Wildman–Crippen LogP) is 4.52. The maximum atomic E-state index is 12.7. The number of H-pyrrole nitrogens is 1. The molecule has 0 aliphatic carbocycles. The number of aromatic nitrogens is 1.